The number of carbonyl (C=O) groups excluding carboxylic acids is 2. The van der Waals surface area contributed by atoms with Gasteiger partial charge in [-0.15, -0.1) is 11.3 Å². The van der Waals surface area contributed by atoms with Crippen LogP contribution < -0.4 is 5.32 Å². The highest BCUT2D eigenvalue weighted by atomic mass is 32.2. The number of benzene rings is 2. The summed E-state index contributed by atoms with van der Waals surface area (Å²) < 4.78 is 29.4. The number of methoxy groups -OCH3 is 1. The molecule has 31 heavy (non-hydrogen) atoms. The maximum Gasteiger partial charge on any atom is 0.337 e. The van der Waals surface area contributed by atoms with Gasteiger partial charge in [0, 0.05) is 17.4 Å². The summed E-state index contributed by atoms with van der Waals surface area (Å²) in [4.78, 5) is 28.3. The van der Waals surface area contributed by atoms with Crippen LogP contribution in [-0.2, 0) is 19.4 Å². The van der Waals surface area contributed by atoms with Crippen molar-refractivity contribution >= 4 is 38.2 Å². The molecule has 1 amide bonds. The summed E-state index contributed by atoms with van der Waals surface area (Å²) in [6.07, 6.45) is 0.295. The van der Waals surface area contributed by atoms with Crippen LogP contribution in [0, 0.1) is 6.92 Å². The van der Waals surface area contributed by atoms with Crippen LogP contribution in [0.2, 0.25) is 0 Å². The molecule has 3 aromatic rings. The molecule has 0 aliphatic rings. The molecule has 0 aliphatic carbocycles. The van der Waals surface area contributed by atoms with Gasteiger partial charge in [-0.1, -0.05) is 29.8 Å². The standard InChI is InChI=1S/C22H22N2O5S2/c1-15-5-11-18(12-6-15)31(27,28)13-3-4-20(25)24-22-23-19(14-30-22)16-7-9-17(10-8-16)21(26)29-2/h5-12,14H,3-4,13H2,1-2H3,(H,23,24,25). The highest BCUT2D eigenvalue weighted by Gasteiger charge is 2.15. The highest BCUT2D eigenvalue weighted by Crippen LogP contribution is 2.25. The van der Waals surface area contributed by atoms with Crippen molar-refractivity contribution in [2.45, 2.75) is 24.7 Å². The quantitative estimate of drug-likeness (QED) is 0.510. The normalized spacial score (nSPS) is 11.2. The van der Waals surface area contributed by atoms with E-state index >= 15 is 0 Å². The fraction of sp³-hybridized carbons (Fsp3) is 0.227. The molecule has 2 aromatic carbocycles. The number of amides is 1. The Morgan fingerprint density at radius 2 is 1.74 bits per heavy atom. The number of esters is 1. The van der Waals surface area contributed by atoms with Crippen molar-refractivity contribution in [1.82, 2.24) is 4.98 Å². The predicted molar refractivity (Wildman–Crippen MR) is 120 cm³/mol. The number of aryl methyl sites for hydroxylation is 1. The molecule has 1 N–H and O–H groups in total. The Bertz CT molecular complexity index is 1170. The van der Waals surface area contributed by atoms with Crippen LogP contribution >= 0.6 is 11.3 Å². The molecule has 1 aromatic heterocycles. The van der Waals surface area contributed by atoms with Crippen LogP contribution in [0.15, 0.2) is 58.8 Å². The maximum atomic E-state index is 12.4. The number of rotatable bonds is 8. The first-order valence-corrected chi connectivity index (χ1v) is 12.1. The minimum atomic E-state index is -3.42. The molecule has 9 heteroatoms. The number of anilines is 1. The van der Waals surface area contributed by atoms with Crippen molar-refractivity contribution in [3.63, 3.8) is 0 Å². The molecular formula is C22H22N2O5S2. The van der Waals surface area contributed by atoms with E-state index in [1.165, 1.54) is 18.4 Å². The van der Waals surface area contributed by atoms with Crippen LogP contribution in [0.25, 0.3) is 11.3 Å². The van der Waals surface area contributed by atoms with Gasteiger partial charge in [-0.3, -0.25) is 4.79 Å². The number of thiazole rings is 1. The summed E-state index contributed by atoms with van der Waals surface area (Å²) in [6, 6.07) is 13.5. The third-order valence-electron chi connectivity index (χ3n) is 4.55. The number of ether oxygens (including phenoxy) is 1. The molecule has 0 radical (unpaired) electrons. The minimum Gasteiger partial charge on any atom is -0.465 e. The van der Waals surface area contributed by atoms with Crippen molar-refractivity contribution < 1.29 is 22.7 Å². The van der Waals surface area contributed by atoms with Crippen molar-refractivity contribution in [1.29, 1.82) is 0 Å². The van der Waals surface area contributed by atoms with Gasteiger partial charge < -0.3 is 10.1 Å². The topological polar surface area (TPSA) is 102 Å². The number of carbonyl (C=O) groups is 2. The summed E-state index contributed by atoms with van der Waals surface area (Å²) in [5.74, 6) is -0.803. The van der Waals surface area contributed by atoms with Crippen LogP contribution in [0.5, 0.6) is 0 Å². The molecular weight excluding hydrogens is 436 g/mol. The van der Waals surface area contributed by atoms with Gasteiger partial charge in [-0.2, -0.15) is 0 Å². The Labute approximate surface area is 185 Å². The lowest BCUT2D eigenvalue weighted by molar-refractivity contribution is -0.116. The van der Waals surface area contributed by atoms with Gasteiger partial charge in [0.25, 0.3) is 0 Å². The summed E-state index contributed by atoms with van der Waals surface area (Å²) in [7, 11) is -2.09. The first-order valence-electron chi connectivity index (χ1n) is 9.52. The Morgan fingerprint density at radius 3 is 2.39 bits per heavy atom. The average Bonchev–Trinajstić information content (AvgIpc) is 3.21. The van der Waals surface area contributed by atoms with E-state index in [1.54, 1.807) is 53.9 Å². The van der Waals surface area contributed by atoms with E-state index in [4.69, 9.17) is 0 Å². The van der Waals surface area contributed by atoms with Gasteiger partial charge in [-0.05, 0) is 37.6 Å². The molecule has 0 saturated carbocycles. The molecule has 162 valence electrons. The van der Waals surface area contributed by atoms with Gasteiger partial charge in [-0.25, -0.2) is 18.2 Å². The fourth-order valence-electron chi connectivity index (χ4n) is 2.83. The largest absolute Gasteiger partial charge is 0.465 e. The molecule has 7 nitrogen and oxygen atoms in total. The lowest BCUT2D eigenvalue weighted by atomic mass is 10.1. The average molecular weight is 459 g/mol. The molecule has 0 unspecified atom stereocenters. The summed E-state index contributed by atoms with van der Waals surface area (Å²) in [5.41, 5.74) is 2.89. The second-order valence-electron chi connectivity index (χ2n) is 6.89. The monoisotopic (exact) mass is 458 g/mol. The zero-order valence-corrected chi connectivity index (χ0v) is 18.8. The number of hydrogen-bond donors (Lipinski definition) is 1. The third kappa shape index (κ3) is 5.99. The number of aromatic nitrogens is 1. The van der Waals surface area contributed by atoms with Crippen LogP contribution in [0.3, 0.4) is 0 Å². The van der Waals surface area contributed by atoms with Gasteiger partial charge in [0.1, 0.15) is 0 Å². The van der Waals surface area contributed by atoms with Crippen molar-refractivity contribution in [3.05, 3.63) is 65.0 Å². The Hall–Kier alpha value is -3.04. The van der Waals surface area contributed by atoms with E-state index in [-0.39, 0.29) is 29.4 Å². The first kappa shape index (κ1) is 22.6. The van der Waals surface area contributed by atoms with Crippen LogP contribution in [0.1, 0.15) is 28.8 Å². The molecule has 1 heterocycles. The number of sulfone groups is 1. The molecule has 3 rings (SSSR count). The van der Waals surface area contributed by atoms with E-state index in [1.807, 2.05) is 6.92 Å². The van der Waals surface area contributed by atoms with Crippen LogP contribution in [0.4, 0.5) is 5.13 Å². The van der Waals surface area contributed by atoms with E-state index in [2.05, 4.69) is 15.0 Å². The van der Waals surface area contributed by atoms with Crippen molar-refractivity contribution in [2.24, 2.45) is 0 Å². The van der Waals surface area contributed by atoms with E-state index in [0.717, 1.165) is 11.1 Å². The van der Waals surface area contributed by atoms with E-state index < -0.39 is 15.8 Å². The lowest BCUT2D eigenvalue weighted by Gasteiger charge is -2.05. The lowest BCUT2D eigenvalue weighted by Crippen LogP contribution is -2.14. The molecule has 0 saturated heterocycles. The summed E-state index contributed by atoms with van der Waals surface area (Å²) in [6.45, 7) is 1.89. The van der Waals surface area contributed by atoms with Gasteiger partial charge in [0.2, 0.25) is 5.91 Å². The molecule has 0 bridgehead atoms. The SMILES string of the molecule is COC(=O)c1ccc(-c2csc(NC(=O)CCCS(=O)(=O)c3ccc(C)cc3)n2)cc1. The van der Waals surface area contributed by atoms with Crippen molar-refractivity contribution in [2.75, 3.05) is 18.2 Å². The third-order valence-corrected chi connectivity index (χ3v) is 7.12. The zero-order valence-electron chi connectivity index (χ0n) is 17.1. The molecule has 0 aliphatic heterocycles. The Morgan fingerprint density at radius 1 is 1.06 bits per heavy atom. The van der Waals surface area contributed by atoms with Crippen LogP contribution in [-0.4, -0.2) is 38.1 Å². The number of nitrogens with one attached hydrogen (secondary N) is 1. The second kappa shape index (κ2) is 9.84. The maximum absolute atomic E-state index is 12.4. The summed E-state index contributed by atoms with van der Waals surface area (Å²) in [5, 5.41) is 4.93. The predicted octanol–water partition coefficient (Wildman–Crippen LogP) is 4.10. The minimum absolute atomic E-state index is 0.0772. The van der Waals surface area contributed by atoms with Gasteiger partial charge in [0.15, 0.2) is 15.0 Å². The molecule has 0 fully saturated rings. The Kier molecular flexibility index (Phi) is 7.19. The highest BCUT2D eigenvalue weighted by molar-refractivity contribution is 7.91. The fourth-order valence-corrected chi connectivity index (χ4v) is 4.87. The van der Waals surface area contributed by atoms with Gasteiger partial charge >= 0.3 is 5.97 Å². The first-order chi connectivity index (χ1) is 14.8. The van der Waals surface area contributed by atoms with Gasteiger partial charge in [0.05, 0.1) is 29.0 Å². The number of hydrogen-bond acceptors (Lipinski definition) is 7. The van der Waals surface area contributed by atoms with E-state index in [0.29, 0.717) is 16.4 Å². The number of nitrogens with zero attached hydrogens (tertiary/aromatic N) is 1. The van der Waals surface area contributed by atoms with E-state index in [9.17, 15) is 18.0 Å². The molecule has 0 spiro atoms. The smallest absolute Gasteiger partial charge is 0.337 e. The van der Waals surface area contributed by atoms with Crippen molar-refractivity contribution in [3.8, 4) is 11.3 Å². The summed E-state index contributed by atoms with van der Waals surface area (Å²) >= 11 is 1.27. The Balaban J connectivity index is 1.53. The zero-order chi connectivity index (χ0) is 22.4. The second-order valence-corrected chi connectivity index (χ2v) is 9.86. The molecule has 0 atom stereocenters.